The topological polar surface area (TPSA) is 9.23 Å². The molecule has 0 amide bonds. The number of ether oxygens (including phenoxy) is 1. The molecule has 0 bridgehead atoms. The third kappa shape index (κ3) is 3.50. The molecule has 0 saturated carbocycles. The minimum absolute atomic E-state index is 0. The van der Waals surface area contributed by atoms with E-state index in [9.17, 15) is 0 Å². The second kappa shape index (κ2) is 7.98. The van der Waals surface area contributed by atoms with E-state index in [1.165, 1.54) is 15.9 Å². The Morgan fingerprint density at radius 2 is 1.09 bits per heavy atom. The van der Waals surface area contributed by atoms with E-state index in [0.717, 1.165) is 5.75 Å². The van der Waals surface area contributed by atoms with Crippen LogP contribution < -0.4 is 20.7 Å². The second-order valence-corrected chi connectivity index (χ2v) is 6.86. The van der Waals surface area contributed by atoms with Crippen LogP contribution in [0, 0.1) is 0 Å². The summed E-state index contributed by atoms with van der Waals surface area (Å²) in [5.41, 5.74) is 0. The summed E-state index contributed by atoms with van der Waals surface area (Å²) in [5.74, 6) is 0.955. The molecule has 0 atom stereocenters. The van der Waals surface area contributed by atoms with Gasteiger partial charge in [-0.15, -0.1) is 12.4 Å². The van der Waals surface area contributed by atoms with E-state index in [1.807, 2.05) is 12.1 Å². The maximum Gasteiger partial charge on any atom is 0.127 e. The fraction of sp³-hybridized carbons (Fsp3) is 0.0526. The van der Waals surface area contributed by atoms with Crippen LogP contribution in [0.15, 0.2) is 84.9 Å². The monoisotopic (exact) mass is 328 g/mol. The van der Waals surface area contributed by atoms with Gasteiger partial charge in [-0.25, -0.2) is 0 Å². The van der Waals surface area contributed by atoms with Crippen LogP contribution in [0.3, 0.4) is 0 Å². The molecule has 0 aliphatic carbocycles. The molecule has 0 aliphatic rings. The van der Waals surface area contributed by atoms with Crippen molar-refractivity contribution in [1.29, 1.82) is 0 Å². The molecule has 0 spiro atoms. The van der Waals surface area contributed by atoms with Gasteiger partial charge in [-0.1, -0.05) is 78.9 Å². The summed E-state index contributed by atoms with van der Waals surface area (Å²) in [6, 6.07) is 29.6. The molecule has 0 N–H and O–H groups in total. The Morgan fingerprint density at radius 1 is 0.636 bits per heavy atom. The zero-order chi connectivity index (χ0) is 14.5. The Labute approximate surface area is 139 Å². The lowest BCUT2D eigenvalue weighted by atomic mass is 10.3. The smallest absolute Gasteiger partial charge is 0.127 e. The van der Waals surface area contributed by atoms with Crippen molar-refractivity contribution >= 4 is 36.2 Å². The number of rotatable bonds is 4. The molecule has 3 aromatic rings. The lowest BCUT2D eigenvalue weighted by Gasteiger charge is -2.21. The van der Waals surface area contributed by atoms with Crippen molar-refractivity contribution in [2.24, 2.45) is 0 Å². The average Bonchev–Trinajstić information content (AvgIpc) is 2.58. The van der Waals surface area contributed by atoms with Crippen LogP contribution in [-0.2, 0) is 0 Å². The van der Waals surface area contributed by atoms with Crippen LogP contribution in [0.25, 0.3) is 0 Å². The van der Waals surface area contributed by atoms with E-state index in [0.29, 0.717) is 0 Å². The van der Waals surface area contributed by atoms with Crippen LogP contribution in [-0.4, -0.2) is 7.11 Å². The third-order valence-electron chi connectivity index (χ3n) is 3.35. The zero-order valence-corrected chi connectivity index (χ0v) is 14.1. The molecular weight excluding hydrogens is 311 g/mol. The van der Waals surface area contributed by atoms with E-state index < -0.39 is 7.92 Å². The van der Waals surface area contributed by atoms with E-state index in [1.54, 1.807) is 7.11 Å². The van der Waals surface area contributed by atoms with Gasteiger partial charge in [0.25, 0.3) is 0 Å². The van der Waals surface area contributed by atoms with E-state index in [4.69, 9.17) is 4.74 Å². The van der Waals surface area contributed by atoms with Gasteiger partial charge in [-0.2, -0.15) is 0 Å². The van der Waals surface area contributed by atoms with Gasteiger partial charge in [-0.05, 0) is 24.6 Å². The second-order valence-electron chi connectivity index (χ2n) is 4.68. The largest absolute Gasteiger partial charge is 0.496 e. The summed E-state index contributed by atoms with van der Waals surface area (Å²) in [7, 11) is 1.14. The van der Waals surface area contributed by atoms with Crippen LogP contribution >= 0.6 is 20.3 Å². The highest BCUT2D eigenvalue weighted by atomic mass is 35.5. The van der Waals surface area contributed by atoms with Crippen molar-refractivity contribution in [1.82, 2.24) is 0 Å². The Hall–Kier alpha value is -1.82. The zero-order valence-electron chi connectivity index (χ0n) is 12.3. The molecule has 0 saturated heterocycles. The lowest BCUT2D eigenvalue weighted by Crippen LogP contribution is -2.21. The van der Waals surface area contributed by atoms with Crippen molar-refractivity contribution < 1.29 is 4.74 Å². The highest BCUT2D eigenvalue weighted by Gasteiger charge is 2.19. The molecule has 0 heterocycles. The predicted molar refractivity (Wildman–Crippen MR) is 98.9 cm³/mol. The van der Waals surface area contributed by atoms with Gasteiger partial charge in [-0.3, -0.25) is 0 Å². The molecule has 1 nitrogen and oxygen atoms in total. The Balaban J connectivity index is 0.00000176. The summed E-state index contributed by atoms with van der Waals surface area (Å²) in [6.45, 7) is 0. The van der Waals surface area contributed by atoms with Gasteiger partial charge >= 0.3 is 0 Å². The van der Waals surface area contributed by atoms with Crippen molar-refractivity contribution in [3.63, 3.8) is 0 Å². The molecule has 3 heteroatoms. The van der Waals surface area contributed by atoms with Gasteiger partial charge < -0.3 is 4.74 Å². The Kier molecular flexibility index (Phi) is 6.00. The maximum atomic E-state index is 5.59. The standard InChI is InChI=1S/C19H17OP.ClH/c1-20-18-14-8-9-15-19(18)21(16-10-4-2-5-11-16)17-12-6-3-7-13-17;/h2-15H,1H3;1H. The predicted octanol–water partition coefficient (Wildman–Crippen LogP) is 3.88. The Morgan fingerprint density at radius 3 is 1.59 bits per heavy atom. The maximum absolute atomic E-state index is 5.59. The van der Waals surface area contributed by atoms with Crippen molar-refractivity contribution in [3.05, 3.63) is 84.9 Å². The van der Waals surface area contributed by atoms with Gasteiger partial charge in [0, 0.05) is 5.30 Å². The Bertz CT molecular complexity index is 661. The van der Waals surface area contributed by atoms with Crippen LogP contribution in [0.2, 0.25) is 0 Å². The van der Waals surface area contributed by atoms with Gasteiger partial charge in [0.1, 0.15) is 5.75 Å². The molecule has 3 aromatic carbocycles. The summed E-state index contributed by atoms with van der Waals surface area (Å²) >= 11 is 0. The highest BCUT2D eigenvalue weighted by Crippen LogP contribution is 2.36. The minimum atomic E-state index is -0.598. The van der Waals surface area contributed by atoms with Crippen molar-refractivity contribution in [2.75, 3.05) is 7.11 Å². The molecular formula is C19H18ClOP. The van der Waals surface area contributed by atoms with E-state index in [-0.39, 0.29) is 12.4 Å². The molecule has 0 unspecified atom stereocenters. The van der Waals surface area contributed by atoms with Crippen molar-refractivity contribution in [3.8, 4) is 5.75 Å². The first kappa shape index (κ1) is 16.5. The first-order valence-electron chi connectivity index (χ1n) is 6.93. The van der Waals surface area contributed by atoms with Gasteiger partial charge in [0.2, 0.25) is 0 Å². The summed E-state index contributed by atoms with van der Waals surface area (Å²) in [5, 5.41) is 3.93. The summed E-state index contributed by atoms with van der Waals surface area (Å²) in [4.78, 5) is 0. The molecule has 0 fully saturated rings. The summed E-state index contributed by atoms with van der Waals surface area (Å²) in [6.07, 6.45) is 0. The van der Waals surface area contributed by atoms with Crippen LogP contribution in [0.5, 0.6) is 5.75 Å². The van der Waals surface area contributed by atoms with Gasteiger partial charge in [0.15, 0.2) is 0 Å². The first-order valence-corrected chi connectivity index (χ1v) is 8.27. The molecule has 0 aromatic heterocycles. The van der Waals surface area contributed by atoms with E-state index >= 15 is 0 Å². The molecule has 0 aliphatic heterocycles. The number of hydrogen-bond donors (Lipinski definition) is 0. The number of hydrogen-bond acceptors (Lipinski definition) is 1. The van der Waals surface area contributed by atoms with E-state index in [2.05, 4.69) is 72.8 Å². The highest BCUT2D eigenvalue weighted by molar-refractivity contribution is 7.80. The number of halogens is 1. The first-order chi connectivity index (χ1) is 10.4. The summed E-state index contributed by atoms with van der Waals surface area (Å²) < 4.78 is 5.59. The van der Waals surface area contributed by atoms with Gasteiger partial charge in [0.05, 0.1) is 7.11 Å². The van der Waals surface area contributed by atoms with Crippen LogP contribution in [0.1, 0.15) is 0 Å². The minimum Gasteiger partial charge on any atom is -0.496 e. The molecule has 3 rings (SSSR count). The fourth-order valence-corrected chi connectivity index (χ4v) is 4.81. The fourth-order valence-electron chi connectivity index (χ4n) is 2.40. The van der Waals surface area contributed by atoms with Crippen molar-refractivity contribution in [2.45, 2.75) is 0 Å². The van der Waals surface area contributed by atoms with Crippen LogP contribution in [0.4, 0.5) is 0 Å². The number of para-hydroxylation sites is 1. The quantitative estimate of drug-likeness (QED) is 0.661. The SMILES string of the molecule is COc1ccccc1P(c1ccccc1)c1ccccc1.Cl. The average molecular weight is 329 g/mol. The molecule has 112 valence electrons. The number of benzene rings is 3. The molecule has 0 radical (unpaired) electrons. The molecule has 22 heavy (non-hydrogen) atoms. The number of methoxy groups -OCH3 is 1. The normalized spacial score (nSPS) is 10.1. The lowest BCUT2D eigenvalue weighted by molar-refractivity contribution is 0.418. The third-order valence-corrected chi connectivity index (χ3v) is 5.84.